The van der Waals surface area contributed by atoms with Crippen LogP contribution in [0.15, 0.2) is 0 Å². The van der Waals surface area contributed by atoms with Crippen LogP contribution in [0.3, 0.4) is 0 Å². The standard InChI is InChI=1S/C10H21NO.BrH/c1-8(2)6-9(12)7-11-10(3,4)5;/h8,11H,6-7H2,1-5H3;1H. The van der Waals surface area contributed by atoms with Crippen molar-refractivity contribution in [1.82, 2.24) is 5.32 Å². The molecule has 0 amide bonds. The number of Topliss-reactive ketones (excluding diaryl/α,β-unsaturated/α-hetero) is 1. The first kappa shape index (κ1) is 15.6. The van der Waals surface area contributed by atoms with E-state index in [9.17, 15) is 4.79 Å². The maximum absolute atomic E-state index is 11.2. The Balaban J connectivity index is 0. The van der Waals surface area contributed by atoms with Gasteiger partial charge in [0.05, 0.1) is 6.54 Å². The summed E-state index contributed by atoms with van der Waals surface area (Å²) in [6, 6.07) is 0. The van der Waals surface area contributed by atoms with E-state index in [1.165, 1.54) is 0 Å². The number of rotatable bonds is 4. The van der Waals surface area contributed by atoms with Gasteiger partial charge in [-0.05, 0) is 26.7 Å². The smallest absolute Gasteiger partial charge is 0.146 e. The minimum atomic E-state index is 0. The van der Waals surface area contributed by atoms with Crippen LogP contribution in [0.1, 0.15) is 41.0 Å². The quantitative estimate of drug-likeness (QED) is 0.833. The number of ketones is 1. The topological polar surface area (TPSA) is 29.1 Å². The van der Waals surface area contributed by atoms with Gasteiger partial charge < -0.3 is 5.32 Å². The molecular formula is C10H22BrNO. The monoisotopic (exact) mass is 251 g/mol. The van der Waals surface area contributed by atoms with E-state index in [2.05, 4.69) is 39.9 Å². The van der Waals surface area contributed by atoms with Gasteiger partial charge in [-0.25, -0.2) is 0 Å². The molecule has 0 aliphatic rings. The molecule has 0 bridgehead atoms. The summed E-state index contributed by atoms with van der Waals surface area (Å²) in [7, 11) is 0. The van der Waals surface area contributed by atoms with Crippen molar-refractivity contribution in [3.63, 3.8) is 0 Å². The highest BCUT2D eigenvalue weighted by Crippen LogP contribution is 2.01. The van der Waals surface area contributed by atoms with Crippen LogP contribution in [-0.4, -0.2) is 17.9 Å². The first-order valence-electron chi connectivity index (χ1n) is 4.58. The lowest BCUT2D eigenvalue weighted by Crippen LogP contribution is -2.39. The van der Waals surface area contributed by atoms with Crippen LogP contribution < -0.4 is 5.32 Å². The molecule has 0 radical (unpaired) electrons. The summed E-state index contributed by atoms with van der Waals surface area (Å²) in [5.41, 5.74) is 0.0483. The van der Waals surface area contributed by atoms with Gasteiger partial charge in [0.1, 0.15) is 5.78 Å². The van der Waals surface area contributed by atoms with E-state index < -0.39 is 0 Å². The van der Waals surface area contributed by atoms with E-state index in [-0.39, 0.29) is 22.5 Å². The van der Waals surface area contributed by atoms with Crippen molar-refractivity contribution in [2.75, 3.05) is 6.54 Å². The second-order valence-electron chi connectivity index (χ2n) is 4.74. The zero-order valence-corrected chi connectivity index (χ0v) is 11.0. The van der Waals surface area contributed by atoms with Crippen molar-refractivity contribution in [1.29, 1.82) is 0 Å². The third kappa shape index (κ3) is 12.1. The number of carbonyl (C=O) groups excluding carboxylic acids is 1. The molecule has 0 aromatic carbocycles. The Hall–Kier alpha value is 0.110. The maximum atomic E-state index is 11.2. The molecular weight excluding hydrogens is 230 g/mol. The van der Waals surface area contributed by atoms with Gasteiger partial charge in [-0.3, -0.25) is 4.79 Å². The molecule has 1 N–H and O–H groups in total. The fourth-order valence-corrected chi connectivity index (χ4v) is 0.891. The van der Waals surface area contributed by atoms with Gasteiger partial charge >= 0.3 is 0 Å². The summed E-state index contributed by atoms with van der Waals surface area (Å²) in [6.07, 6.45) is 0.684. The van der Waals surface area contributed by atoms with E-state index in [4.69, 9.17) is 0 Å². The van der Waals surface area contributed by atoms with Crippen LogP contribution in [0.2, 0.25) is 0 Å². The van der Waals surface area contributed by atoms with Crippen molar-refractivity contribution >= 4 is 22.8 Å². The molecule has 0 heterocycles. The largest absolute Gasteiger partial charge is 0.305 e. The Morgan fingerprint density at radius 1 is 1.31 bits per heavy atom. The maximum Gasteiger partial charge on any atom is 0.146 e. The van der Waals surface area contributed by atoms with Gasteiger partial charge in [0.15, 0.2) is 0 Å². The molecule has 0 fully saturated rings. The van der Waals surface area contributed by atoms with Crippen LogP contribution in [0.4, 0.5) is 0 Å². The highest BCUT2D eigenvalue weighted by Gasteiger charge is 2.11. The molecule has 80 valence electrons. The van der Waals surface area contributed by atoms with Crippen molar-refractivity contribution in [2.45, 2.75) is 46.6 Å². The molecule has 0 atom stereocenters. The van der Waals surface area contributed by atoms with E-state index in [1.807, 2.05) is 0 Å². The minimum absolute atomic E-state index is 0. The van der Waals surface area contributed by atoms with Gasteiger partial charge in [-0.2, -0.15) is 0 Å². The van der Waals surface area contributed by atoms with Crippen LogP contribution >= 0.6 is 17.0 Å². The minimum Gasteiger partial charge on any atom is -0.305 e. The molecule has 3 heteroatoms. The molecule has 0 saturated carbocycles. The summed E-state index contributed by atoms with van der Waals surface area (Å²) >= 11 is 0. The van der Waals surface area contributed by atoms with Crippen molar-refractivity contribution in [2.24, 2.45) is 5.92 Å². The van der Waals surface area contributed by atoms with Crippen molar-refractivity contribution < 1.29 is 4.79 Å². The number of hydrogen-bond donors (Lipinski definition) is 1. The summed E-state index contributed by atoms with van der Waals surface area (Å²) in [5, 5.41) is 3.18. The summed E-state index contributed by atoms with van der Waals surface area (Å²) < 4.78 is 0. The first-order valence-corrected chi connectivity index (χ1v) is 4.58. The average molecular weight is 252 g/mol. The fourth-order valence-electron chi connectivity index (χ4n) is 0.891. The second-order valence-corrected chi connectivity index (χ2v) is 4.74. The Bertz CT molecular complexity index is 149. The predicted octanol–water partition coefficient (Wildman–Crippen LogP) is 2.57. The molecule has 0 aromatic heterocycles. The highest BCUT2D eigenvalue weighted by atomic mass is 79.9. The SMILES string of the molecule is Br.CC(C)CC(=O)CNC(C)(C)C. The predicted molar refractivity (Wildman–Crippen MR) is 62.5 cm³/mol. The van der Waals surface area contributed by atoms with Crippen LogP contribution in [0.5, 0.6) is 0 Å². The highest BCUT2D eigenvalue weighted by molar-refractivity contribution is 8.93. The van der Waals surface area contributed by atoms with Crippen LogP contribution in [0.25, 0.3) is 0 Å². The number of hydrogen-bond acceptors (Lipinski definition) is 2. The van der Waals surface area contributed by atoms with Crippen molar-refractivity contribution in [3.05, 3.63) is 0 Å². The molecule has 0 aliphatic heterocycles. The van der Waals surface area contributed by atoms with E-state index in [0.29, 0.717) is 24.7 Å². The number of halogens is 1. The average Bonchev–Trinajstić information content (AvgIpc) is 1.80. The molecule has 2 nitrogen and oxygen atoms in total. The van der Waals surface area contributed by atoms with Gasteiger partial charge in [-0.1, -0.05) is 13.8 Å². The fraction of sp³-hybridized carbons (Fsp3) is 0.900. The molecule has 0 unspecified atom stereocenters. The summed E-state index contributed by atoms with van der Waals surface area (Å²) in [5.74, 6) is 0.777. The Morgan fingerprint density at radius 3 is 2.08 bits per heavy atom. The number of nitrogens with one attached hydrogen (secondary N) is 1. The molecule has 13 heavy (non-hydrogen) atoms. The van der Waals surface area contributed by atoms with E-state index in [1.54, 1.807) is 0 Å². The number of carbonyl (C=O) groups is 1. The third-order valence-electron chi connectivity index (χ3n) is 1.45. The molecule has 0 spiro atoms. The zero-order valence-electron chi connectivity index (χ0n) is 9.31. The Kier molecular flexibility index (Phi) is 7.84. The van der Waals surface area contributed by atoms with Gasteiger partial charge in [0.2, 0.25) is 0 Å². The normalized spacial score (nSPS) is 11.2. The molecule has 0 aromatic rings. The lowest BCUT2D eigenvalue weighted by Gasteiger charge is -2.20. The summed E-state index contributed by atoms with van der Waals surface area (Å²) in [4.78, 5) is 11.2. The molecule has 0 aliphatic carbocycles. The Morgan fingerprint density at radius 2 is 1.77 bits per heavy atom. The van der Waals surface area contributed by atoms with Crippen LogP contribution in [-0.2, 0) is 4.79 Å². The summed E-state index contributed by atoms with van der Waals surface area (Å²) in [6.45, 7) is 10.8. The van der Waals surface area contributed by atoms with Crippen molar-refractivity contribution in [3.8, 4) is 0 Å². The van der Waals surface area contributed by atoms with Gasteiger partial charge in [0, 0.05) is 12.0 Å². The van der Waals surface area contributed by atoms with Gasteiger partial charge in [-0.15, -0.1) is 17.0 Å². The lowest BCUT2D eigenvalue weighted by molar-refractivity contribution is -0.119. The van der Waals surface area contributed by atoms with Gasteiger partial charge in [0.25, 0.3) is 0 Å². The molecule has 0 rings (SSSR count). The third-order valence-corrected chi connectivity index (χ3v) is 1.45. The lowest BCUT2D eigenvalue weighted by atomic mass is 10.1. The van der Waals surface area contributed by atoms with Crippen LogP contribution in [0, 0.1) is 5.92 Å². The van der Waals surface area contributed by atoms with E-state index >= 15 is 0 Å². The first-order chi connectivity index (χ1) is 5.31. The van der Waals surface area contributed by atoms with E-state index in [0.717, 1.165) is 0 Å². The molecule has 0 saturated heterocycles. The second kappa shape index (κ2) is 6.55. The zero-order chi connectivity index (χ0) is 9.78. The Labute approximate surface area is 92.2 Å².